The Bertz CT molecular complexity index is 575. The Balaban J connectivity index is 2.14. The standard InChI is InChI=1S/C16H16N2O/c1-12(13-6-3-2-4-7-13)18-16(11-17)14-8-5-9-15(19)10-14/h2-10,12,16,18-19H,1H3. The first kappa shape index (κ1) is 13.1. The molecular formula is C16H16N2O. The number of hydrogen-bond acceptors (Lipinski definition) is 3. The summed E-state index contributed by atoms with van der Waals surface area (Å²) >= 11 is 0. The van der Waals surface area contributed by atoms with Gasteiger partial charge in [0.05, 0.1) is 6.07 Å². The van der Waals surface area contributed by atoms with Crippen LogP contribution in [0.4, 0.5) is 0 Å². The molecule has 0 amide bonds. The number of phenols is 1. The Kier molecular flexibility index (Phi) is 4.17. The summed E-state index contributed by atoms with van der Waals surface area (Å²) in [5, 5.41) is 22.0. The molecule has 0 aromatic heterocycles. The summed E-state index contributed by atoms with van der Waals surface area (Å²) in [6.07, 6.45) is 0. The number of nitriles is 1. The molecule has 3 heteroatoms. The van der Waals surface area contributed by atoms with Gasteiger partial charge in [0.2, 0.25) is 0 Å². The van der Waals surface area contributed by atoms with E-state index in [4.69, 9.17) is 0 Å². The number of rotatable bonds is 4. The first-order chi connectivity index (χ1) is 9.20. The molecule has 0 bridgehead atoms. The van der Waals surface area contributed by atoms with Gasteiger partial charge in [0.15, 0.2) is 0 Å². The van der Waals surface area contributed by atoms with Crippen LogP contribution in [0.15, 0.2) is 54.6 Å². The molecule has 0 aliphatic rings. The van der Waals surface area contributed by atoms with Crippen LogP contribution >= 0.6 is 0 Å². The number of aromatic hydroxyl groups is 1. The molecule has 19 heavy (non-hydrogen) atoms. The molecule has 96 valence electrons. The van der Waals surface area contributed by atoms with Crippen LogP contribution in [0.1, 0.15) is 30.1 Å². The zero-order chi connectivity index (χ0) is 13.7. The Hall–Kier alpha value is -2.31. The minimum atomic E-state index is -0.442. The van der Waals surface area contributed by atoms with E-state index in [-0.39, 0.29) is 11.8 Å². The minimum Gasteiger partial charge on any atom is -0.508 e. The molecule has 2 atom stereocenters. The lowest BCUT2D eigenvalue weighted by Gasteiger charge is -2.19. The maximum atomic E-state index is 9.47. The van der Waals surface area contributed by atoms with E-state index in [1.54, 1.807) is 18.2 Å². The maximum absolute atomic E-state index is 9.47. The zero-order valence-electron chi connectivity index (χ0n) is 10.7. The summed E-state index contributed by atoms with van der Waals surface area (Å²) in [6, 6.07) is 18.6. The van der Waals surface area contributed by atoms with Gasteiger partial charge in [-0.3, -0.25) is 5.32 Å². The van der Waals surface area contributed by atoms with Crippen LogP contribution in [0.3, 0.4) is 0 Å². The lowest BCUT2D eigenvalue weighted by molar-refractivity contribution is 0.471. The predicted molar refractivity (Wildman–Crippen MR) is 74.5 cm³/mol. The SMILES string of the molecule is CC(NC(C#N)c1cccc(O)c1)c1ccccc1. The van der Waals surface area contributed by atoms with E-state index in [0.717, 1.165) is 11.1 Å². The molecule has 0 saturated carbocycles. The predicted octanol–water partition coefficient (Wildman–Crippen LogP) is 3.31. The third-order valence-corrected chi connectivity index (χ3v) is 3.05. The van der Waals surface area contributed by atoms with E-state index in [0.29, 0.717) is 0 Å². The molecule has 0 heterocycles. The van der Waals surface area contributed by atoms with Crippen molar-refractivity contribution in [2.24, 2.45) is 0 Å². The third-order valence-electron chi connectivity index (χ3n) is 3.05. The molecule has 0 spiro atoms. The van der Waals surface area contributed by atoms with Crippen molar-refractivity contribution in [3.05, 3.63) is 65.7 Å². The molecule has 2 aromatic carbocycles. The van der Waals surface area contributed by atoms with Gasteiger partial charge < -0.3 is 5.11 Å². The van der Waals surface area contributed by atoms with Crippen molar-refractivity contribution in [1.29, 1.82) is 5.26 Å². The van der Waals surface area contributed by atoms with Gasteiger partial charge >= 0.3 is 0 Å². The second kappa shape index (κ2) is 6.03. The highest BCUT2D eigenvalue weighted by atomic mass is 16.3. The van der Waals surface area contributed by atoms with Crippen LogP contribution in [0.2, 0.25) is 0 Å². The highest BCUT2D eigenvalue weighted by Gasteiger charge is 2.14. The van der Waals surface area contributed by atoms with Gasteiger partial charge in [-0.1, -0.05) is 42.5 Å². The summed E-state index contributed by atoms with van der Waals surface area (Å²) in [5.41, 5.74) is 1.90. The fourth-order valence-corrected chi connectivity index (χ4v) is 2.00. The maximum Gasteiger partial charge on any atom is 0.121 e. The van der Waals surface area contributed by atoms with Crippen molar-refractivity contribution >= 4 is 0 Å². The number of hydrogen-bond donors (Lipinski definition) is 2. The van der Waals surface area contributed by atoms with Crippen LogP contribution in [-0.2, 0) is 0 Å². The van der Waals surface area contributed by atoms with Gasteiger partial charge in [0, 0.05) is 6.04 Å². The molecule has 0 saturated heterocycles. The molecule has 2 unspecified atom stereocenters. The summed E-state index contributed by atoms with van der Waals surface area (Å²) in [6.45, 7) is 2.02. The molecule has 3 nitrogen and oxygen atoms in total. The van der Waals surface area contributed by atoms with E-state index in [2.05, 4.69) is 11.4 Å². The lowest BCUT2D eigenvalue weighted by atomic mass is 10.0. The summed E-state index contributed by atoms with van der Waals surface area (Å²) in [5.74, 6) is 0.173. The normalized spacial score (nSPS) is 13.5. The first-order valence-corrected chi connectivity index (χ1v) is 6.20. The smallest absolute Gasteiger partial charge is 0.121 e. The van der Waals surface area contributed by atoms with Crippen LogP contribution in [0.5, 0.6) is 5.75 Å². The average molecular weight is 252 g/mol. The van der Waals surface area contributed by atoms with Gasteiger partial charge in [-0.2, -0.15) is 5.26 Å². The number of benzene rings is 2. The van der Waals surface area contributed by atoms with Gasteiger partial charge in [0.1, 0.15) is 11.8 Å². The average Bonchev–Trinajstić information content (AvgIpc) is 2.45. The topological polar surface area (TPSA) is 56.0 Å². The molecule has 2 aromatic rings. The van der Waals surface area contributed by atoms with Crippen LogP contribution in [0.25, 0.3) is 0 Å². The summed E-state index contributed by atoms with van der Waals surface area (Å²) in [7, 11) is 0. The number of nitrogens with zero attached hydrogens (tertiary/aromatic N) is 1. The highest BCUT2D eigenvalue weighted by Crippen LogP contribution is 2.21. The van der Waals surface area contributed by atoms with Crippen molar-refractivity contribution in [2.75, 3.05) is 0 Å². The fraction of sp³-hybridized carbons (Fsp3) is 0.188. The Morgan fingerprint density at radius 1 is 1.05 bits per heavy atom. The van der Waals surface area contributed by atoms with Crippen molar-refractivity contribution in [3.63, 3.8) is 0 Å². The molecule has 0 fully saturated rings. The van der Waals surface area contributed by atoms with Gasteiger partial charge in [-0.25, -0.2) is 0 Å². The molecule has 2 N–H and O–H groups in total. The van der Waals surface area contributed by atoms with E-state index >= 15 is 0 Å². The van der Waals surface area contributed by atoms with Crippen molar-refractivity contribution in [2.45, 2.75) is 19.0 Å². The number of nitrogens with one attached hydrogen (secondary N) is 1. The summed E-state index contributed by atoms with van der Waals surface area (Å²) in [4.78, 5) is 0. The van der Waals surface area contributed by atoms with Crippen molar-refractivity contribution in [3.8, 4) is 11.8 Å². The Morgan fingerprint density at radius 3 is 2.37 bits per heavy atom. The Labute approximate surface area is 113 Å². The summed E-state index contributed by atoms with van der Waals surface area (Å²) < 4.78 is 0. The van der Waals surface area contributed by atoms with Gasteiger partial charge in [0.25, 0.3) is 0 Å². The lowest BCUT2D eigenvalue weighted by Crippen LogP contribution is -2.23. The first-order valence-electron chi connectivity index (χ1n) is 6.20. The van der Waals surface area contributed by atoms with Crippen LogP contribution in [0, 0.1) is 11.3 Å². The van der Waals surface area contributed by atoms with E-state index in [9.17, 15) is 10.4 Å². The minimum absolute atomic E-state index is 0.0631. The van der Waals surface area contributed by atoms with E-state index < -0.39 is 6.04 Å². The third kappa shape index (κ3) is 3.34. The quantitative estimate of drug-likeness (QED) is 0.877. The molecular weight excluding hydrogens is 236 g/mol. The van der Waals surface area contributed by atoms with Crippen LogP contribution < -0.4 is 5.32 Å². The molecule has 0 aliphatic heterocycles. The monoisotopic (exact) mass is 252 g/mol. The van der Waals surface area contributed by atoms with Crippen molar-refractivity contribution < 1.29 is 5.11 Å². The molecule has 0 radical (unpaired) electrons. The second-order valence-corrected chi connectivity index (χ2v) is 4.46. The van der Waals surface area contributed by atoms with E-state index in [1.807, 2.05) is 43.3 Å². The van der Waals surface area contributed by atoms with Crippen LogP contribution in [-0.4, -0.2) is 5.11 Å². The Morgan fingerprint density at radius 2 is 1.74 bits per heavy atom. The second-order valence-electron chi connectivity index (χ2n) is 4.46. The van der Waals surface area contributed by atoms with Gasteiger partial charge in [-0.15, -0.1) is 0 Å². The largest absolute Gasteiger partial charge is 0.508 e. The highest BCUT2D eigenvalue weighted by molar-refractivity contribution is 5.32. The fourth-order valence-electron chi connectivity index (χ4n) is 2.00. The van der Waals surface area contributed by atoms with Crippen molar-refractivity contribution in [1.82, 2.24) is 5.32 Å². The van der Waals surface area contributed by atoms with E-state index in [1.165, 1.54) is 0 Å². The zero-order valence-corrected chi connectivity index (χ0v) is 10.7. The van der Waals surface area contributed by atoms with Gasteiger partial charge in [-0.05, 0) is 30.2 Å². The number of phenolic OH excluding ortho intramolecular Hbond substituents is 1. The molecule has 0 aliphatic carbocycles. The molecule has 2 rings (SSSR count).